The van der Waals surface area contributed by atoms with Gasteiger partial charge >= 0.3 is 0 Å². The Kier molecular flexibility index (Phi) is 1.55. The second kappa shape index (κ2) is 2.49. The number of hydrogen-bond acceptors (Lipinski definition) is 2. The van der Waals surface area contributed by atoms with Gasteiger partial charge in [-0.3, -0.25) is 4.79 Å². The summed E-state index contributed by atoms with van der Waals surface area (Å²) in [6, 6.07) is 5.59. The van der Waals surface area contributed by atoms with E-state index < -0.39 is 0 Å². The number of likely N-dealkylation sites (N-methyl/N-ethyl adjacent to an activating group) is 1. The zero-order valence-electron chi connectivity index (χ0n) is 7.74. The minimum atomic E-state index is -0.0523. The lowest BCUT2D eigenvalue weighted by Crippen LogP contribution is -2.22. The van der Waals surface area contributed by atoms with E-state index in [-0.39, 0.29) is 11.8 Å². The van der Waals surface area contributed by atoms with E-state index in [9.17, 15) is 4.79 Å². The third-order valence-electron chi connectivity index (χ3n) is 2.58. The number of anilines is 2. The van der Waals surface area contributed by atoms with Gasteiger partial charge in [-0.25, -0.2) is 0 Å². The highest BCUT2D eigenvalue weighted by Gasteiger charge is 2.31. The molecule has 1 aliphatic heterocycles. The molecule has 0 fully saturated rings. The molecule has 1 amide bonds. The van der Waals surface area contributed by atoms with Crippen molar-refractivity contribution < 1.29 is 4.79 Å². The molecule has 1 unspecified atom stereocenters. The zero-order chi connectivity index (χ0) is 9.59. The number of fused-ring (bicyclic) bond motifs is 1. The largest absolute Gasteiger partial charge is 0.399 e. The van der Waals surface area contributed by atoms with Gasteiger partial charge in [0.1, 0.15) is 0 Å². The smallest absolute Gasteiger partial charge is 0.234 e. The summed E-state index contributed by atoms with van der Waals surface area (Å²) in [6.07, 6.45) is 0. The number of amides is 1. The Hall–Kier alpha value is -1.51. The third-order valence-corrected chi connectivity index (χ3v) is 2.58. The Morgan fingerprint density at radius 3 is 2.85 bits per heavy atom. The molecule has 1 aromatic carbocycles. The number of nitrogens with zero attached hydrogens (tertiary/aromatic N) is 1. The summed E-state index contributed by atoms with van der Waals surface area (Å²) in [7, 11) is 1.79. The third kappa shape index (κ3) is 1.00. The van der Waals surface area contributed by atoms with E-state index in [4.69, 9.17) is 5.73 Å². The number of nitrogens with two attached hydrogens (primary N) is 1. The van der Waals surface area contributed by atoms with E-state index in [0.29, 0.717) is 5.69 Å². The number of nitrogen functional groups attached to an aromatic ring is 1. The van der Waals surface area contributed by atoms with Crippen LogP contribution in [-0.4, -0.2) is 13.0 Å². The highest BCUT2D eigenvalue weighted by molar-refractivity contribution is 6.04. The van der Waals surface area contributed by atoms with E-state index in [2.05, 4.69) is 0 Å². The van der Waals surface area contributed by atoms with Gasteiger partial charge in [-0.15, -0.1) is 0 Å². The lowest BCUT2D eigenvalue weighted by molar-refractivity contribution is -0.118. The van der Waals surface area contributed by atoms with Crippen LogP contribution in [0.1, 0.15) is 18.4 Å². The fourth-order valence-electron chi connectivity index (χ4n) is 1.77. The molecule has 1 aromatic rings. The van der Waals surface area contributed by atoms with E-state index in [1.807, 2.05) is 25.1 Å². The predicted octanol–water partition coefficient (Wildman–Crippen LogP) is 1.35. The van der Waals surface area contributed by atoms with Crippen molar-refractivity contribution in [1.29, 1.82) is 0 Å². The Balaban J connectivity index is 2.60. The van der Waals surface area contributed by atoms with Gasteiger partial charge in [0.25, 0.3) is 0 Å². The van der Waals surface area contributed by atoms with Gasteiger partial charge < -0.3 is 10.6 Å². The number of benzene rings is 1. The van der Waals surface area contributed by atoms with Crippen LogP contribution in [0.2, 0.25) is 0 Å². The number of hydrogen-bond donors (Lipinski definition) is 1. The van der Waals surface area contributed by atoms with E-state index in [0.717, 1.165) is 11.3 Å². The number of rotatable bonds is 0. The van der Waals surface area contributed by atoms with Crippen molar-refractivity contribution in [3.05, 3.63) is 23.8 Å². The Morgan fingerprint density at radius 2 is 2.15 bits per heavy atom. The maximum absolute atomic E-state index is 11.6. The van der Waals surface area contributed by atoms with Crippen molar-refractivity contribution in [3.63, 3.8) is 0 Å². The fourth-order valence-corrected chi connectivity index (χ4v) is 1.77. The lowest BCUT2D eigenvalue weighted by atomic mass is 10.0. The van der Waals surface area contributed by atoms with Crippen molar-refractivity contribution in [2.75, 3.05) is 17.7 Å². The Bertz CT molecular complexity index is 373. The van der Waals surface area contributed by atoms with Crippen molar-refractivity contribution in [2.24, 2.45) is 0 Å². The van der Waals surface area contributed by atoms with Gasteiger partial charge in [0.2, 0.25) is 5.91 Å². The fraction of sp³-hybridized carbons (Fsp3) is 0.300. The summed E-state index contributed by atoms with van der Waals surface area (Å²) in [5.41, 5.74) is 8.38. The Labute approximate surface area is 77.1 Å². The van der Waals surface area contributed by atoms with Gasteiger partial charge in [-0.05, 0) is 30.7 Å². The van der Waals surface area contributed by atoms with Crippen LogP contribution in [0.25, 0.3) is 0 Å². The molecule has 2 rings (SSSR count). The molecule has 1 atom stereocenters. The van der Waals surface area contributed by atoms with Crippen LogP contribution < -0.4 is 10.6 Å². The molecule has 13 heavy (non-hydrogen) atoms. The van der Waals surface area contributed by atoms with Gasteiger partial charge in [0, 0.05) is 18.4 Å². The lowest BCUT2D eigenvalue weighted by Gasteiger charge is -2.09. The SMILES string of the molecule is CC1C(=O)N(C)c2ccc(N)cc21. The Morgan fingerprint density at radius 1 is 1.46 bits per heavy atom. The molecule has 0 spiro atoms. The monoisotopic (exact) mass is 176 g/mol. The summed E-state index contributed by atoms with van der Waals surface area (Å²) in [5, 5.41) is 0. The van der Waals surface area contributed by atoms with E-state index >= 15 is 0 Å². The van der Waals surface area contributed by atoms with Gasteiger partial charge in [0.15, 0.2) is 0 Å². The highest BCUT2D eigenvalue weighted by atomic mass is 16.2. The molecule has 0 saturated carbocycles. The van der Waals surface area contributed by atoms with Crippen molar-refractivity contribution in [3.8, 4) is 0 Å². The summed E-state index contributed by atoms with van der Waals surface area (Å²) in [4.78, 5) is 13.2. The number of carbonyl (C=O) groups excluding carboxylic acids is 1. The van der Waals surface area contributed by atoms with Crippen LogP contribution in [0, 0.1) is 0 Å². The second-order valence-corrected chi connectivity index (χ2v) is 3.44. The molecule has 0 aliphatic carbocycles. The van der Waals surface area contributed by atoms with Crippen LogP contribution in [0.15, 0.2) is 18.2 Å². The summed E-state index contributed by atoms with van der Waals surface area (Å²) < 4.78 is 0. The standard InChI is InChI=1S/C10H12N2O/c1-6-8-5-7(11)3-4-9(8)12(2)10(6)13/h3-6H,11H2,1-2H3. The minimum absolute atomic E-state index is 0.0523. The zero-order valence-corrected chi connectivity index (χ0v) is 7.74. The quantitative estimate of drug-likeness (QED) is 0.606. The van der Waals surface area contributed by atoms with Crippen LogP contribution in [0.4, 0.5) is 11.4 Å². The molecular weight excluding hydrogens is 164 g/mol. The van der Waals surface area contributed by atoms with Crippen LogP contribution in [0.5, 0.6) is 0 Å². The molecular formula is C10H12N2O. The molecule has 68 valence electrons. The van der Waals surface area contributed by atoms with Gasteiger partial charge in [-0.2, -0.15) is 0 Å². The van der Waals surface area contributed by atoms with Crippen LogP contribution in [-0.2, 0) is 4.79 Å². The average Bonchev–Trinajstić information content (AvgIpc) is 2.32. The molecule has 2 N–H and O–H groups in total. The first-order valence-corrected chi connectivity index (χ1v) is 4.28. The maximum atomic E-state index is 11.6. The van der Waals surface area contributed by atoms with E-state index in [1.54, 1.807) is 11.9 Å². The molecule has 0 radical (unpaired) electrons. The highest BCUT2D eigenvalue weighted by Crippen LogP contribution is 2.36. The predicted molar refractivity (Wildman–Crippen MR) is 52.7 cm³/mol. The molecule has 1 aliphatic rings. The minimum Gasteiger partial charge on any atom is -0.399 e. The topological polar surface area (TPSA) is 46.3 Å². The first-order valence-electron chi connectivity index (χ1n) is 4.28. The number of carbonyl (C=O) groups is 1. The second-order valence-electron chi connectivity index (χ2n) is 3.44. The van der Waals surface area contributed by atoms with Gasteiger partial charge in [0.05, 0.1) is 5.92 Å². The molecule has 1 heterocycles. The van der Waals surface area contributed by atoms with Crippen molar-refractivity contribution >= 4 is 17.3 Å². The first kappa shape index (κ1) is 8.10. The van der Waals surface area contributed by atoms with Crippen molar-refractivity contribution in [1.82, 2.24) is 0 Å². The molecule has 3 heteroatoms. The normalized spacial score (nSPS) is 20.6. The summed E-state index contributed by atoms with van der Waals surface area (Å²) in [5.74, 6) is 0.0871. The molecule has 0 bridgehead atoms. The molecule has 0 aromatic heterocycles. The van der Waals surface area contributed by atoms with Crippen molar-refractivity contribution in [2.45, 2.75) is 12.8 Å². The first-order chi connectivity index (χ1) is 6.11. The summed E-state index contributed by atoms with van der Waals surface area (Å²) in [6.45, 7) is 1.91. The van der Waals surface area contributed by atoms with Gasteiger partial charge in [-0.1, -0.05) is 0 Å². The summed E-state index contributed by atoms with van der Waals surface area (Å²) >= 11 is 0. The average molecular weight is 176 g/mol. The van der Waals surface area contributed by atoms with Crippen LogP contribution in [0.3, 0.4) is 0 Å². The van der Waals surface area contributed by atoms with E-state index in [1.165, 1.54) is 0 Å². The molecule has 3 nitrogen and oxygen atoms in total. The molecule has 0 saturated heterocycles. The van der Waals surface area contributed by atoms with Crippen LogP contribution >= 0.6 is 0 Å². The maximum Gasteiger partial charge on any atom is 0.234 e.